The predicted octanol–water partition coefficient (Wildman–Crippen LogP) is 2.18. The summed E-state index contributed by atoms with van der Waals surface area (Å²) in [5, 5.41) is 6.98. The van der Waals surface area contributed by atoms with Gasteiger partial charge in [0.15, 0.2) is 5.96 Å². The van der Waals surface area contributed by atoms with Crippen molar-refractivity contribution in [1.29, 1.82) is 0 Å². The minimum atomic E-state index is 0.141. The Kier molecular flexibility index (Phi) is 8.88. The smallest absolute Gasteiger partial charge is 0.191 e. The molecule has 0 saturated carbocycles. The lowest BCUT2D eigenvalue weighted by atomic mass is 9.88. The van der Waals surface area contributed by atoms with Crippen LogP contribution in [0.5, 0.6) is 0 Å². The lowest BCUT2D eigenvalue weighted by molar-refractivity contribution is -0.00501. The first-order valence-electron chi connectivity index (χ1n) is 10.1. The second-order valence-corrected chi connectivity index (χ2v) is 7.35. The van der Waals surface area contributed by atoms with Crippen LogP contribution in [0.15, 0.2) is 35.3 Å². The fourth-order valence-electron chi connectivity index (χ4n) is 3.59. The molecule has 0 aromatic heterocycles. The molecule has 2 rings (SSSR count). The minimum absolute atomic E-state index is 0.141. The van der Waals surface area contributed by atoms with E-state index < -0.39 is 0 Å². The molecule has 1 heterocycles. The third-order valence-electron chi connectivity index (χ3n) is 5.58. The quantitative estimate of drug-likeness (QED) is 0.394. The van der Waals surface area contributed by atoms with Crippen LogP contribution < -0.4 is 15.5 Å². The van der Waals surface area contributed by atoms with Crippen LogP contribution >= 0.6 is 0 Å². The third-order valence-corrected chi connectivity index (χ3v) is 5.58. The van der Waals surface area contributed by atoms with Crippen LogP contribution in [0.25, 0.3) is 0 Å². The average molecular weight is 376 g/mol. The van der Waals surface area contributed by atoms with Gasteiger partial charge in [0.05, 0.1) is 0 Å². The van der Waals surface area contributed by atoms with Crippen LogP contribution in [-0.2, 0) is 4.74 Å². The van der Waals surface area contributed by atoms with E-state index in [0.29, 0.717) is 0 Å². The van der Waals surface area contributed by atoms with E-state index in [1.54, 1.807) is 0 Å². The van der Waals surface area contributed by atoms with Gasteiger partial charge in [-0.25, -0.2) is 0 Å². The van der Waals surface area contributed by atoms with Gasteiger partial charge in [-0.05, 0) is 52.4 Å². The monoisotopic (exact) mass is 375 g/mol. The first kappa shape index (κ1) is 21.5. The molecule has 1 saturated heterocycles. The fourth-order valence-corrected chi connectivity index (χ4v) is 3.59. The number of nitrogens with zero attached hydrogens (tertiary/aromatic N) is 3. The van der Waals surface area contributed by atoms with Crippen LogP contribution in [0.3, 0.4) is 0 Å². The van der Waals surface area contributed by atoms with E-state index in [0.717, 1.165) is 64.6 Å². The van der Waals surface area contributed by atoms with Crippen molar-refractivity contribution in [2.24, 2.45) is 4.99 Å². The number of hydrogen-bond donors (Lipinski definition) is 2. The average Bonchev–Trinajstić information content (AvgIpc) is 2.71. The molecule has 0 radical (unpaired) electrons. The van der Waals surface area contributed by atoms with E-state index in [2.05, 4.69) is 76.8 Å². The number of hydrogen-bond acceptors (Lipinski definition) is 4. The Morgan fingerprint density at radius 3 is 2.44 bits per heavy atom. The first-order chi connectivity index (χ1) is 13.1. The highest BCUT2D eigenvalue weighted by atomic mass is 16.5. The number of ether oxygens (including phenoxy) is 1. The summed E-state index contributed by atoms with van der Waals surface area (Å²) >= 11 is 0. The summed E-state index contributed by atoms with van der Waals surface area (Å²) in [6.07, 6.45) is 3.16. The molecule has 152 valence electrons. The van der Waals surface area contributed by atoms with E-state index in [1.807, 2.05) is 7.05 Å². The van der Waals surface area contributed by atoms with E-state index in [4.69, 9.17) is 4.74 Å². The second-order valence-electron chi connectivity index (χ2n) is 7.35. The molecule has 1 aromatic rings. The lowest BCUT2D eigenvalue weighted by Crippen LogP contribution is -2.57. The van der Waals surface area contributed by atoms with Gasteiger partial charge in [-0.3, -0.25) is 4.99 Å². The van der Waals surface area contributed by atoms with Crippen LogP contribution in [0, 0.1) is 0 Å². The largest absolute Gasteiger partial charge is 0.381 e. The number of likely N-dealkylation sites (N-methyl/N-ethyl adjacent to an activating group) is 1. The summed E-state index contributed by atoms with van der Waals surface area (Å²) in [5.41, 5.74) is 1.43. The van der Waals surface area contributed by atoms with Gasteiger partial charge in [-0.15, -0.1) is 0 Å². The van der Waals surface area contributed by atoms with Crippen LogP contribution in [0.2, 0.25) is 0 Å². The maximum Gasteiger partial charge on any atom is 0.191 e. The summed E-state index contributed by atoms with van der Waals surface area (Å²) < 4.78 is 5.55. The predicted molar refractivity (Wildman–Crippen MR) is 115 cm³/mol. The van der Waals surface area contributed by atoms with Gasteiger partial charge in [0.1, 0.15) is 0 Å². The summed E-state index contributed by atoms with van der Waals surface area (Å²) in [5.74, 6) is 0.880. The lowest BCUT2D eigenvalue weighted by Gasteiger charge is -2.43. The van der Waals surface area contributed by atoms with Crippen LogP contribution in [0.4, 0.5) is 5.69 Å². The Hall–Kier alpha value is -1.79. The first-order valence-corrected chi connectivity index (χ1v) is 10.1. The number of guanidine groups is 1. The van der Waals surface area contributed by atoms with Crippen molar-refractivity contribution in [3.8, 4) is 0 Å². The normalized spacial score (nSPS) is 17.0. The molecule has 27 heavy (non-hydrogen) atoms. The Morgan fingerprint density at radius 1 is 1.15 bits per heavy atom. The maximum atomic E-state index is 5.55. The van der Waals surface area contributed by atoms with Crippen molar-refractivity contribution in [1.82, 2.24) is 15.5 Å². The number of anilines is 1. The van der Waals surface area contributed by atoms with Gasteiger partial charge in [0.25, 0.3) is 0 Å². The number of nitrogens with one attached hydrogen (secondary N) is 2. The molecule has 0 atom stereocenters. The molecular formula is C21H37N5O. The fraction of sp³-hybridized carbons (Fsp3) is 0.667. The summed E-state index contributed by atoms with van der Waals surface area (Å²) in [7, 11) is 6.15. The highest BCUT2D eigenvalue weighted by Crippen LogP contribution is 2.25. The van der Waals surface area contributed by atoms with Crippen molar-refractivity contribution in [3.63, 3.8) is 0 Å². The molecule has 0 amide bonds. The topological polar surface area (TPSA) is 52.1 Å². The Morgan fingerprint density at radius 2 is 1.85 bits per heavy atom. The van der Waals surface area contributed by atoms with Crippen molar-refractivity contribution >= 4 is 11.6 Å². The van der Waals surface area contributed by atoms with Crippen molar-refractivity contribution in [2.45, 2.75) is 31.7 Å². The zero-order valence-electron chi connectivity index (χ0n) is 17.5. The molecule has 0 spiro atoms. The van der Waals surface area contributed by atoms with Crippen LogP contribution in [-0.4, -0.2) is 76.9 Å². The molecule has 6 nitrogen and oxygen atoms in total. The van der Waals surface area contributed by atoms with Crippen molar-refractivity contribution < 1.29 is 4.74 Å². The number of aliphatic imine (C=N–C) groups is 1. The van der Waals surface area contributed by atoms with Gasteiger partial charge >= 0.3 is 0 Å². The number of para-hydroxylation sites is 1. The third kappa shape index (κ3) is 6.40. The summed E-state index contributed by atoms with van der Waals surface area (Å²) in [6, 6.07) is 10.6. The van der Waals surface area contributed by atoms with E-state index in [9.17, 15) is 0 Å². The van der Waals surface area contributed by atoms with Gasteiger partial charge in [-0.2, -0.15) is 0 Å². The molecule has 0 aliphatic carbocycles. The van der Waals surface area contributed by atoms with Gasteiger partial charge in [0.2, 0.25) is 0 Å². The van der Waals surface area contributed by atoms with Gasteiger partial charge in [0, 0.05) is 57.7 Å². The van der Waals surface area contributed by atoms with Crippen molar-refractivity contribution in [2.75, 3.05) is 65.4 Å². The Bertz CT molecular complexity index is 555. The zero-order chi connectivity index (χ0) is 19.5. The molecule has 1 aromatic carbocycles. The van der Waals surface area contributed by atoms with Gasteiger partial charge in [-0.1, -0.05) is 18.2 Å². The van der Waals surface area contributed by atoms with E-state index in [-0.39, 0.29) is 5.54 Å². The highest BCUT2D eigenvalue weighted by Gasteiger charge is 2.34. The second kappa shape index (κ2) is 11.1. The SMILES string of the molecule is CCN(CCCNC(=NC)NCC1(N(C)C)CCOCC1)c1ccccc1. The Labute approximate surface area is 165 Å². The maximum absolute atomic E-state index is 5.55. The molecule has 0 unspecified atom stereocenters. The summed E-state index contributed by atoms with van der Waals surface area (Å²) in [4.78, 5) is 9.12. The molecular weight excluding hydrogens is 338 g/mol. The number of rotatable bonds is 9. The molecule has 1 aliphatic rings. The zero-order valence-corrected chi connectivity index (χ0v) is 17.5. The van der Waals surface area contributed by atoms with E-state index in [1.165, 1.54) is 5.69 Å². The molecule has 2 N–H and O–H groups in total. The summed E-state index contributed by atoms with van der Waals surface area (Å²) in [6.45, 7) is 7.70. The Balaban J connectivity index is 1.75. The van der Waals surface area contributed by atoms with Crippen LogP contribution in [0.1, 0.15) is 26.2 Å². The van der Waals surface area contributed by atoms with Crippen molar-refractivity contribution in [3.05, 3.63) is 30.3 Å². The standard InChI is InChI=1S/C21H37N5O/c1-5-26(19-10-7-6-8-11-19)15-9-14-23-20(22-2)24-18-21(25(3)4)12-16-27-17-13-21/h6-8,10-11H,5,9,12-18H2,1-4H3,(H2,22,23,24). The highest BCUT2D eigenvalue weighted by molar-refractivity contribution is 5.79. The molecule has 1 aliphatic heterocycles. The molecule has 1 fully saturated rings. The van der Waals surface area contributed by atoms with E-state index >= 15 is 0 Å². The molecule has 6 heteroatoms. The molecule has 0 bridgehead atoms. The number of benzene rings is 1. The minimum Gasteiger partial charge on any atom is -0.381 e. The van der Waals surface area contributed by atoms with Gasteiger partial charge < -0.3 is 25.2 Å².